The third kappa shape index (κ3) is 7.23. The average Bonchev–Trinajstić information content (AvgIpc) is 3.79. The van der Waals surface area contributed by atoms with Gasteiger partial charge in [-0.3, -0.25) is 9.45 Å². The minimum absolute atomic E-state index is 0.0537. The summed E-state index contributed by atoms with van der Waals surface area (Å²) >= 11 is 0. The number of nitrogens with zero attached hydrogens (tertiary/aromatic N) is 4. The zero-order valence-electron chi connectivity index (χ0n) is 36.2. The first-order valence-corrected chi connectivity index (χ1v) is 25.0. The first-order chi connectivity index (χ1) is 29.8. The highest BCUT2D eigenvalue weighted by Gasteiger charge is 2.66. The minimum atomic E-state index is -4.41. The van der Waals surface area contributed by atoms with Gasteiger partial charge in [0.05, 0.1) is 41.6 Å². The number of quaternary nitrogens is 1. The van der Waals surface area contributed by atoms with Gasteiger partial charge in [-0.2, -0.15) is 8.42 Å². The molecule has 3 fully saturated rings. The maximum absolute atomic E-state index is 13.1. The molecular formula is C49H55N4O8S2+. The molecule has 9 rings (SSSR count). The molecule has 2 saturated heterocycles. The molecule has 12 nitrogen and oxygen atoms in total. The zero-order chi connectivity index (χ0) is 44.7. The van der Waals surface area contributed by atoms with Crippen LogP contribution in [0.15, 0.2) is 120 Å². The van der Waals surface area contributed by atoms with E-state index in [0.29, 0.717) is 58.5 Å². The van der Waals surface area contributed by atoms with Crippen LogP contribution in [0.2, 0.25) is 0 Å². The number of piperazine rings is 1. The third-order valence-corrected chi connectivity index (χ3v) is 16.5. The second kappa shape index (κ2) is 15.5. The Hall–Kier alpha value is -5.12. The Kier molecular flexibility index (Phi) is 10.6. The Morgan fingerprint density at radius 3 is 2.00 bits per heavy atom. The highest BCUT2D eigenvalue weighted by atomic mass is 32.2. The van der Waals surface area contributed by atoms with Gasteiger partial charge < -0.3 is 14.6 Å². The van der Waals surface area contributed by atoms with Crippen LogP contribution in [0.4, 0.5) is 16.2 Å². The predicted octanol–water partition coefficient (Wildman–Crippen LogP) is 8.19. The van der Waals surface area contributed by atoms with Crippen LogP contribution >= 0.6 is 0 Å². The molecule has 4 heterocycles. The smallest absolute Gasteiger partial charge is 0.407 e. The van der Waals surface area contributed by atoms with Crippen molar-refractivity contribution in [2.24, 2.45) is 0 Å². The van der Waals surface area contributed by atoms with Gasteiger partial charge in [-0.05, 0) is 97.0 Å². The van der Waals surface area contributed by atoms with Crippen LogP contribution in [0.25, 0.3) is 21.5 Å². The summed E-state index contributed by atoms with van der Waals surface area (Å²) in [5, 5.41) is 13.2. The van der Waals surface area contributed by atoms with Crippen molar-refractivity contribution in [1.29, 1.82) is 0 Å². The molecule has 330 valence electrons. The van der Waals surface area contributed by atoms with Crippen LogP contribution in [-0.4, -0.2) is 103 Å². The molecule has 4 aliphatic heterocycles. The second-order valence-corrected chi connectivity index (χ2v) is 21.8. The van der Waals surface area contributed by atoms with Crippen molar-refractivity contribution in [3.63, 3.8) is 0 Å². The molecule has 5 aliphatic rings. The molecule has 0 radical (unpaired) electrons. The summed E-state index contributed by atoms with van der Waals surface area (Å²) in [4.78, 5) is 15.7. The summed E-state index contributed by atoms with van der Waals surface area (Å²) in [5.41, 5.74) is 8.38. The lowest BCUT2D eigenvalue weighted by molar-refractivity contribution is -0.537. The largest absolute Gasteiger partial charge is 0.748 e. The number of carboxylic acid groups (broad SMARTS) is 1. The molecule has 14 heteroatoms. The SMILES string of the molecule is CC1(C)C(=C/C=C2\CC/C(=C\C=C3C(C)(C)c4c(ccc5ccccc45)[N+]34CCC4S(=O)(=O)O)C2=[N+]2CCN(C(=O)O)CC2)N(CCCCS(=O)(=O)[O-])c2ccc3ccccc3c21. The van der Waals surface area contributed by atoms with E-state index in [4.69, 9.17) is 0 Å². The monoisotopic (exact) mass is 891 g/mol. The summed E-state index contributed by atoms with van der Waals surface area (Å²) in [6.45, 7) is 11.5. The first kappa shape index (κ1) is 43.1. The summed E-state index contributed by atoms with van der Waals surface area (Å²) < 4.78 is 73.8. The van der Waals surface area contributed by atoms with E-state index in [1.807, 2.05) is 36.4 Å². The van der Waals surface area contributed by atoms with Crippen LogP contribution in [-0.2, 0) is 31.1 Å². The van der Waals surface area contributed by atoms with E-state index in [9.17, 15) is 35.8 Å². The summed E-state index contributed by atoms with van der Waals surface area (Å²) in [6.07, 6.45) is 10.2. The predicted molar refractivity (Wildman–Crippen MR) is 248 cm³/mol. The Balaban J connectivity index is 1.16. The number of benzene rings is 4. The van der Waals surface area contributed by atoms with Crippen molar-refractivity contribution in [2.45, 2.75) is 76.0 Å². The zero-order valence-corrected chi connectivity index (χ0v) is 37.9. The van der Waals surface area contributed by atoms with Gasteiger partial charge in [-0.25, -0.2) is 22.3 Å². The Morgan fingerprint density at radius 2 is 1.41 bits per heavy atom. The fourth-order valence-electron chi connectivity index (χ4n) is 11.5. The summed E-state index contributed by atoms with van der Waals surface area (Å²) in [6, 6.07) is 24.8. The van der Waals surface area contributed by atoms with E-state index < -0.39 is 48.3 Å². The van der Waals surface area contributed by atoms with Gasteiger partial charge >= 0.3 is 16.2 Å². The van der Waals surface area contributed by atoms with Gasteiger partial charge in [-0.15, -0.1) is 0 Å². The van der Waals surface area contributed by atoms with E-state index >= 15 is 0 Å². The summed E-state index contributed by atoms with van der Waals surface area (Å²) in [5.74, 6) is -0.410. The van der Waals surface area contributed by atoms with Gasteiger partial charge in [0.25, 0.3) is 0 Å². The molecule has 0 bridgehead atoms. The molecule has 0 aromatic heterocycles. The van der Waals surface area contributed by atoms with Crippen molar-refractivity contribution >= 4 is 65.0 Å². The van der Waals surface area contributed by atoms with Crippen LogP contribution in [0.1, 0.15) is 70.9 Å². The van der Waals surface area contributed by atoms with Crippen LogP contribution < -0.4 is 9.38 Å². The molecule has 2 unspecified atom stereocenters. The molecule has 2 N–H and O–H groups in total. The first-order valence-electron chi connectivity index (χ1n) is 21.9. The number of allylic oxidation sites excluding steroid dienone is 8. The lowest BCUT2D eigenvalue weighted by atomic mass is 9.80. The topological polar surface area (TPSA) is 158 Å². The van der Waals surface area contributed by atoms with Gasteiger partial charge in [0.1, 0.15) is 11.4 Å². The fourth-order valence-corrected chi connectivity index (χ4v) is 13.3. The Labute approximate surface area is 369 Å². The van der Waals surface area contributed by atoms with E-state index in [1.54, 1.807) is 0 Å². The Morgan fingerprint density at radius 1 is 0.810 bits per heavy atom. The maximum Gasteiger partial charge on any atom is 0.407 e. The number of carbonyl (C=O) groups is 1. The second-order valence-electron chi connectivity index (χ2n) is 18.7. The van der Waals surface area contributed by atoms with Gasteiger partial charge in [0, 0.05) is 51.9 Å². The number of anilines is 1. The number of rotatable bonds is 8. The molecule has 1 spiro atoms. The number of hydrogen-bond acceptors (Lipinski definition) is 7. The van der Waals surface area contributed by atoms with Crippen LogP contribution in [0, 0.1) is 0 Å². The van der Waals surface area contributed by atoms with E-state index in [1.165, 1.54) is 10.5 Å². The number of hydrogen-bond donors (Lipinski definition) is 2. The third-order valence-electron chi connectivity index (χ3n) is 14.4. The van der Waals surface area contributed by atoms with Crippen molar-refractivity contribution in [3.8, 4) is 0 Å². The minimum Gasteiger partial charge on any atom is -0.748 e. The molecule has 2 atom stereocenters. The van der Waals surface area contributed by atoms with Crippen LogP contribution in [0.5, 0.6) is 0 Å². The van der Waals surface area contributed by atoms with Crippen LogP contribution in [0.3, 0.4) is 0 Å². The molecule has 1 saturated carbocycles. The molecule has 4 aromatic rings. The standard InChI is InChI=1S/C49H54N4O8S2/c1-48(2)41(52(26-9-10-32-62(56,57)58)39-21-17-33-11-5-7-13-37(33)44(39)48)23-19-35-15-16-36(46(35)50-27-29-51(30-28-50)47(54)55)20-24-42-49(3,4)45-38-14-8-6-12-34(38)18-22-40(45)53(42)31-25-43(53)63(59,60)61/h5-8,11-14,17-24,43H,9-10,15-16,25-32H2,1-4H3,(H-2,54,55,56,57,58,59,60,61)/p+1/b36-20+,42-24?. The molecule has 1 aliphatic carbocycles. The summed E-state index contributed by atoms with van der Waals surface area (Å²) in [7, 11) is -8.75. The van der Waals surface area contributed by atoms with Gasteiger partial charge in [0.2, 0.25) is 11.1 Å². The number of unbranched alkanes of at least 4 members (excludes halogenated alkanes) is 1. The molecular weight excluding hydrogens is 837 g/mol. The number of fused-ring (bicyclic) bond motifs is 7. The van der Waals surface area contributed by atoms with Gasteiger partial charge in [-0.1, -0.05) is 74.5 Å². The maximum atomic E-state index is 13.1. The highest BCUT2D eigenvalue weighted by Crippen LogP contribution is 2.60. The van der Waals surface area contributed by atoms with Gasteiger partial charge in [0.15, 0.2) is 13.1 Å². The quantitative estimate of drug-likeness (QED) is 0.0770. The van der Waals surface area contributed by atoms with E-state index in [-0.39, 0.29) is 10.9 Å². The molecule has 63 heavy (non-hydrogen) atoms. The number of amides is 1. The lowest BCUT2D eigenvalue weighted by Crippen LogP contribution is -2.68. The average molecular weight is 892 g/mol. The van der Waals surface area contributed by atoms with E-state index in [2.05, 4.69) is 97.9 Å². The molecule has 1 amide bonds. The Bertz CT molecular complexity index is 2970. The fraction of sp³-hybridized carbons (Fsp3) is 0.388. The highest BCUT2D eigenvalue weighted by molar-refractivity contribution is 7.86. The van der Waals surface area contributed by atoms with Crippen molar-refractivity contribution in [2.75, 3.05) is 49.9 Å². The lowest BCUT2D eigenvalue weighted by Gasteiger charge is -2.49. The van der Waals surface area contributed by atoms with E-state index in [0.717, 1.165) is 73.2 Å². The van der Waals surface area contributed by atoms with Crippen molar-refractivity contribution < 1.29 is 40.4 Å². The van der Waals surface area contributed by atoms with Crippen molar-refractivity contribution in [3.05, 3.63) is 131 Å². The van der Waals surface area contributed by atoms with Crippen molar-refractivity contribution in [1.82, 2.24) is 9.38 Å². The molecule has 4 aromatic carbocycles. The normalized spacial score (nSPS) is 25.6.